The molecule has 1 heterocycles. The van der Waals surface area contributed by atoms with Gasteiger partial charge in [-0.3, -0.25) is 9.78 Å². The highest BCUT2D eigenvalue weighted by molar-refractivity contribution is 5.99. The van der Waals surface area contributed by atoms with E-state index in [0.29, 0.717) is 5.69 Å². The van der Waals surface area contributed by atoms with Crippen molar-refractivity contribution in [2.24, 2.45) is 0 Å². The maximum Gasteiger partial charge on any atom is 0.189 e. The van der Waals surface area contributed by atoms with Crippen LogP contribution < -0.4 is 0 Å². The molecular weight excluding hydrogens is 224 g/mol. The van der Waals surface area contributed by atoms with Gasteiger partial charge in [0.2, 0.25) is 0 Å². The molecule has 0 saturated heterocycles. The van der Waals surface area contributed by atoms with Crippen LogP contribution in [-0.2, 0) is 0 Å². The van der Waals surface area contributed by atoms with Crippen molar-refractivity contribution in [2.75, 3.05) is 0 Å². The lowest BCUT2D eigenvalue weighted by molar-refractivity contribution is 0.0955. The van der Waals surface area contributed by atoms with Gasteiger partial charge in [0.15, 0.2) is 5.78 Å². The summed E-state index contributed by atoms with van der Waals surface area (Å²) in [5.41, 5.74) is 1.26. The van der Waals surface area contributed by atoms with E-state index < -0.39 is 5.92 Å². The van der Waals surface area contributed by atoms with Gasteiger partial charge in [-0.15, -0.1) is 0 Å². The predicted octanol–water partition coefficient (Wildman–Crippen LogP) is 2.96. The number of hydrogen-bond donors (Lipinski definition) is 0. The Morgan fingerprint density at radius 2 is 1.89 bits per heavy atom. The number of hydrogen-bond acceptors (Lipinski definition) is 3. The van der Waals surface area contributed by atoms with Gasteiger partial charge in [-0.2, -0.15) is 5.26 Å². The number of pyridine rings is 1. The second-order valence-electron chi connectivity index (χ2n) is 3.90. The van der Waals surface area contributed by atoms with Crippen LogP contribution in [-0.4, -0.2) is 10.8 Å². The normalized spacial score (nSPS) is 11.5. The molecule has 3 nitrogen and oxygen atoms in total. The fourth-order valence-corrected chi connectivity index (χ4v) is 1.83. The third-order valence-electron chi connectivity index (χ3n) is 2.73. The van der Waals surface area contributed by atoms with Gasteiger partial charge in [0.25, 0.3) is 0 Å². The van der Waals surface area contributed by atoms with Crippen molar-refractivity contribution in [3.8, 4) is 6.07 Å². The van der Waals surface area contributed by atoms with Crippen LogP contribution in [0.4, 0.5) is 0 Å². The molecule has 88 valence electrons. The molecule has 2 aromatic rings. The molecule has 0 N–H and O–H groups in total. The van der Waals surface area contributed by atoms with Crippen LogP contribution in [0.15, 0.2) is 54.7 Å². The van der Waals surface area contributed by atoms with Crippen molar-refractivity contribution < 1.29 is 4.79 Å². The van der Waals surface area contributed by atoms with Gasteiger partial charge in [0.05, 0.1) is 12.0 Å². The second-order valence-corrected chi connectivity index (χ2v) is 3.90. The lowest BCUT2D eigenvalue weighted by Gasteiger charge is -2.12. The summed E-state index contributed by atoms with van der Waals surface area (Å²) < 4.78 is 0. The zero-order chi connectivity index (χ0) is 12.8. The molecule has 0 amide bonds. The molecular formula is C15H12N2O. The molecule has 0 aliphatic rings. The molecule has 0 aliphatic carbocycles. The van der Waals surface area contributed by atoms with Crippen LogP contribution in [0.25, 0.3) is 0 Å². The third-order valence-corrected chi connectivity index (χ3v) is 2.73. The maximum absolute atomic E-state index is 12.3. The standard InChI is InChI=1S/C15H12N2O/c16-10-9-13(12-6-2-1-3-7-12)15(18)14-8-4-5-11-17-14/h1-8,11,13H,9H2. The third kappa shape index (κ3) is 2.61. The van der Waals surface area contributed by atoms with E-state index in [9.17, 15) is 4.79 Å². The van der Waals surface area contributed by atoms with Gasteiger partial charge in [-0.25, -0.2) is 0 Å². The summed E-state index contributed by atoms with van der Waals surface area (Å²) in [5, 5.41) is 8.87. The molecule has 1 aromatic heterocycles. The fraction of sp³-hybridized carbons (Fsp3) is 0.133. The number of nitrogens with zero attached hydrogens (tertiary/aromatic N) is 2. The molecule has 0 saturated carbocycles. The first kappa shape index (κ1) is 12.0. The van der Waals surface area contributed by atoms with Gasteiger partial charge in [-0.05, 0) is 17.7 Å². The second kappa shape index (κ2) is 5.74. The maximum atomic E-state index is 12.3. The Balaban J connectivity index is 2.32. The summed E-state index contributed by atoms with van der Waals surface area (Å²) in [4.78, 5) is 16.4. The number of Topliss-reactive ketones (excluding diaryl/α,β-unsaturated/α-hetero) is 1. The lowest BCUT2D eigenvalue weighted by Crippen LogP contribution is -2.13. The van der Waals surface area contributed by atoms with Crippen molar-refractivity contribution >= 4 is 5.78 Å². The van der Waals surface area contributed by atoms with E-state index in [1.165, 1.54) is 0 Å². The minimum atomic E-state index is -0.439. The average molecular weight is 236 g/mol. The SMILES string of the molecule is N#CCC(C(=O)c1ccccn1)c1ccccc1. The molecule has 1 atom stereocenters. The Kier molecular flexibility index (Phi) is 3.83. The molecule has 1 aromatic carbocycles. The first-order valence-electron chi connectivity index (χ1n) is 5.70. The van der Waals surface area contributed by atoms with Crippen molar-refractivity contribution in [1.29, 1.82) is 5.26 Å². The smallest absolute Gasteiger partial charge is 0.189 e. The van der Waals surface area contributed by atoms with E-state index in [2.05, 4.69) is 11.1 Å². The van der Waals surface area contributed by atoms with Crippen molar-refractivity contribution in [1.82, 2.24) is 4.98 Å². The molecule has 18 heavy (non-hydrogen) atoms. The number of rotatable bonds is 4. The molecule has 0 aliphatic heterocycles. The van der Waals surface area contributed by atoms with Gasteiger partial charge in [-0.1, -0.05) is 36.4 Å². The fourth-order valence-electron chi connectivity index (χ4n) is 1.83. The van der Waals surface area contributed by atoms with Crippen LogP contribution in [0.5, 0.6) is 0 Å². The van der Waals surface area contributed by atoms with E-state index in [-0.39, 0.29) is 12.2 Å². The van der Waals surface area contributed by atoms with Crippen LogP contribution in [0.2, 0.25) is 0 Å². The lowest BCUT2D eigenvalue weighted by atomic mass is 9.90. The predicted molar refractivity (Wildman–Crippen MR) is 68.0 cm³/mol. The summed E-state index contributed by atoms with van der Waals surface area (Å²) in [6.07, 6.45) is 1.75. The van der Waals surface area contributed by atoms with Crippen LogP contribution in [0.1, 0.15) is 28.4 Å². The Hall–Kier alpha value is -2.47. The summed E-state index contributed by atoms with van der Waals surface area (Å²) in [6.45, 7) is 0. The van der Waals surface area contributed by atoms with Gasteiger partial charge >= 0.3 is 0 Å². The Bertz CT molecular complexity index is 558. The van der Waals surface area contributed by atoms with Crippen molar-refractivity contribution in [2.45, 2.75) is 12.3 Å². The van der Waals surface area contributed by atoms with E-state index in [4.69, 9.17) is 5.26 Å². The molecule has 0 spiro atoms. The topological polar surface area (TPSA) is 53.8 Å². The van der Waals surface area contributed by atoms with Gasteiger partial charge in [0, 0.05) is 12.6 Å². The van der Waals surface area contributed by atoms with Crippen molar-refractivity contribution in [3.63, 3.8) is 0 Å². The van der Waals surface area contributed by atoms with Crippen LogP contribution >= 0.6 is 0 Å². The number of benzene rings is 1. The Morgan fingerprint density at radius 1 is 1.17 bits per heavy atom. The molecule has 0 bridgehead atoms. The highest BCUT2D eigenvalue weighted by atomic mass is 16.1. The molecule has 2 rings (SSSR count). The number of nitriles is 1. The van der Waals surface area contributed by atoms with E-state index in [1.807, 2.05) is 30.3 Å². The first-order chi connectivity index (χ1) is 8.83. The highest BCUT2D eigenvalue weighted by Crippen LogP contribution is 2.23. The zero-order valence-electron chi connectivity index (χ0n) is 9.78. The van der Waals surface area contributed by atoms with Crippen LogP contribution in [0, 0.1) is 11.3 Å². The Morgan fingerprint density at radius 3 is 2.50 bits per heavy atom. The van der Waals surface area contributed by atoms with E-state index >= 15 is 0 Å². The summed E-state index contributed by atoms with van der Waals surface area (Å²) in [6, 6.07) is 16.6. The van der Waals surface area contributed by atoms with E-state index in [1.54, 1.807) is 24.4 Å². The number of aromatic nitrogens is 1. The monoisotopic (exact) mass is 236 g/mol. The summed E-state index contributed by atoms with van der Waals surface area (Å²) in [5.74, 6) is -0.547. The summed E-state index contributed by atoms with van der Waals surface area (Å²) in [7, 11) is 0. The van der Waals surface area contributed by atoms with Gasteiger partial charge in [0.1, 0.15) is 5.69 Å². The van der Waals surface area contributed by atoms with Crippen LogP contribution in [0.3, 0.4) is 0 Å². The summed E-state index contributed by atoms with van der Waals surface area (Å²) >= 11 is 0. The molecule has 3 heteroatoms. The molecule has 0 radical (unpaired) electrons. The largest absolute Gasteiger partial charge is 0.292 e. The van der Waals surface area contributed by atoms with Crippen molar-refractivity contribution in [3.05, 3.63) is 66.0 Å². The highest BCUT2D eigenvalue weighted by Gasteiger charge is 2.22. The first-order valence-corrected chi connectivity index (χ1v) is 5.70. The average Bonchev–Trinajstić information content (AvgIpc) is 2.46. The minimum absolute atomic E-state index is 0.108. The molecule has 1 unspecified atom stereocenters. The number of carbonyl (C=O) groups is 1. The Labute approximate surface area is 106 Å². The number of carbonyl (C=O) groups excluding carboxylic acids is 1. The molecule has 0 fully saturated rings. The number of ketones is 1. The van der Waals surface area contributed by atoms with E-state index in [0.717, 1.165) is 5.56 Å². The quantitative estimate of drug-likeness (QED) is 0.767. The minimum Gasteiger partial charge on any atom is -0.292 e. The van der Waals surface area contributed by atoms with Gasteiger partial charge < -0.3 is 0 Å². The zero-order valence-corrected chi connectivity index (χ0v) is 9.78.